The number of nitrogens with zero attached hydrogens (tertiary/aromatic N) is 3. The zero-order valence-electron chi connectivity index (χ0n) is 18.2. The van der Waals surface area contributed by atoms with Gasteiger partial charge < -0.3 is 25.0 Å². The van der Waals surface area contributed by atoms with Gasteiger partial charge in [-0.05, 0) is 41.5 Å². The van der Waals surface area contributed by atoms with Crippen LogP contribution in [0.1, 0.15) is 41.5 Å². The molecule has 0 aromatic rings. The highest BCUT2D eigenvalue weighted by molar-refractivity contribution is 5.79. The number of amides is 1. The van der Waals surface area contributed by atoms with Crippen molar-refractivity contribution in [3.63, 3.8) is 0 Å². The van der Waals surface area contributed by atoms with Crippen molar-refractivity contribution in [2.75, 3.05) is 59.5 Å². The van der Waals surface area contributed by atoms with Crippen LogP contribution in [0.3, 0.4) is 0 Å². The number of guanidine groups is 1. The van der Waals surface area contributed by atoms with Crippen molar-refractivity contribution >= 4 is 12.1 Å². The molecule has 0 atom stereocenters. The first-order chi connectivity index (χ1) is 12.5. The van der Waals surface area contributed by atoms with Crippen molar-refractivity contribution in [2.45, 2.75) is 52.7 Å². The van der Waals surface area contributed by atoms with E-state index in [1.54, 1.807) is 11.9 Å². The largest absolute Gasteiger partial charge is 0.444 e. The number of rotatable bonds is 7. The SMILES string of the molecule is CCNC(=NCC(C)(C)N1CCOCC1)NCCN(C)C(=O)OC(C)(C)C. The number of hydrogen-bond donors (Lipinski definition) is 2. The molecular weight excluding hydrogens is 346 g/mol. The fourth-order valence-corrected chi connectivity index (χ4v) is 2.66. The van der Waals surface area contributed by atoms with Crippen LogP contribution in [0.15, 0.2) is 4.99 Å². The molecule has 1 fully saturated rings. The Kier molecular flexibility index (Phi) is 9.32. The average Bonchev–Trinajstić information content (AvgIpc) is 2.59. The first-order valence-electron chi connectivity index (χ1n) is 9.84. The predicted molar refractivity (Wildman–Crippen MR) is 109 cm³/mol. The van der Waals surface area contributed by atoms with E-state index >= 15 is 0 Å². The molecule has 0 aliphatic carbocycles. The number of ether oxygens (including phenoxy) is 2. The third-order valence-electron chi connectivity index (χ3n) is 4.28. The summed E-state index contributed by atoms with van der Waals surface area (Å²) in [6, 6.07) is 0. The Hall–Kier alpha value is -1.54. The summed E-state index contributed by atoms with van der Waals surface area (Å²) >= 11 is 0. The Bertz CT molecular complexity index is 482. The number of morpholine rings is 1. The summed E-state index contributed by atoms with van der Waals surface area (Å²) in [5.74, 6) is 0.761. The van der Waals surface area contributed by atoms with Gasteiger partial charge in [0.05, 0.1) is 19.8 Å². The molecular formula is C19H39N5O3. The summed E-state index contributed by atoms with van der Waals surface area (Å²) in [7, 11) is 1.74. The fraction of sp³-hybridized carbons (Fsp3) is 0.895. The molecule has 0 aromatic heterocycles. The van der Waals surface area contributed by atoms with Gasteiger partial charge in [0, 0.05) is 45.3 Å². The molecule has 0 saturated carbocycles. The zero-order chi connectivity index (χ0) is 20.5. The molecule has 27 heavy (non-hydrogen) atoms. The zero-order valence-corrected chi connectivity index (χ0v) is 18.2. The van der Waals surface area contributed by atoms with E-state index in [9.17, 15) is 4.79 Å². The van der Waals surface area contributed by atoms with E-state index in [0.717, 1.165) is 38.8 Å². The summed E-state index contributed by atoms with van der Waals surface area (Å²) in [5, 5.41) is 6.55. The molecule has 1 aliphatic rings. The molecule has 8 heteroatoms. The number of carbonyl (C=O) groups is 1. The van der Waals surface area contributed by atoms with Crippen molar-refractivity contribution < 1.29 is 14.3 Å². The van der Waals surface area contributed by atoms with Crippen molar-refractivity contribution in [2.24, 2.45) is 4.99 Å². The van der Waals surface area contributed by atoms with Crippen LogP contribution in [-0.4, -0.2) is 92.5 Å². The summed E-state index contributed by atoms with van der Waals surface area (Å²) in [6.45, 7) is 18.1. The van der Waals surface area contributed by atoms with Crippen LogP contribution in [0.25, 0.3) is 0 Å². The van der Waals surface area contributed by atoms with E-state index in [-0.39, 0.29) is 11.6 Å². The monoisotopic (exact) mass is 385 g/mol. The van der Waals surface area contributed by atoms with Gasteiger partial charge in [-0.1, -0.05) is 0 Å². The average molecular weight is 386 g/mol. The van der Waals surface area contributed by atoms with Gasteiger partial charge in [-0.3, -0.25) is 9.89 Å². The van der Waals surface area contributed by atoms with E-state index in [1.807, 2.05) is 27.7 Å². The highest BCUT2D eigenvalue weighted by Gasteiger charge is 2.28. The standard InChI is InChI=1S/C19H39N5O3/c1-8-20-16(21-9-10-23(7)17(25)27-18(2,3)4)22-15-19(5,6)24-11-13-26-14-12-24/h8-15H2,1-7H3,(H2,20,21,22). The van der Waals surface area contributed by atoms with Gasteiger partial charge in [-0.25, -0.2) is 4.79 Å². The Morgan fingerprint density at radius 2 is 1.81 bits per heavy atom. The molecule has 1 saturated heterocycles. The number of hydrogen-bond acceptors (Lipinski definition) is 5. The second kappa shape index (κ2) is 10.7. The van der Waals surface area contributed by atoms with Crippen LogP contribution in [-0.2, 0) is 9.47 Å². The van der Waals surface area contributed by atoms with Crippen LogP contribution >= 0.6 is 0 Å². The lowest BCUT2D eigenvalue weighted by molar-refractivity contribution is -0.00683. The van der Waals surface area contributed by atoms with Crippen molar-refractivity contribution in [1.29, 1.82) is 0 Å². The number of aliphatic imine (C=N–C) groups is 1. The van der Waals surface area contributed by atoms with Gasteiger partial charge in [0.2, 0.25) is 0 Å². The first kappa shape index (κ1) is 23.5. The molecule has 0 unspecified atom stereocenters. The quantitative estimate of drug-likeness (QED) is 0.511. The molecule has 0 bridgehead atoms. The third kappa shape index (κ3) is 9.28. The molecule has 158 valence electrons. The van der Waals surface area contributed by atoms with Crippen LogP contribution in [0.4, 0.5) is 4.79 Å². The van der Waals surface area contributed by atoms with E-state index in [4.69, 9.17) is 14.5 Å². The molecule has 0 aromatic carbocycles. The summed E-state index contributed by atoms with van der Waals surface area (Å²) in [5.41, 5.74) is -0.514. The molecule has 1 rings (SSSR count). The minimum absolute atomic E-state index is 0.0283. The Balaban J connectivity index is 2.50. The smallest absolute Gasteiger partial charge is 0.410 e. The van der Waals surface area contributed by atoms with Gasteiger partial charge in [0.1, 0.15) is 5.60 Å². The predicted octanol–water partition coefficient (Wildman–Crippen LogP) is 1.52. The molecule has 1 aliphatic heterocycles. The van der Waals surface area contributed by atoms with Gasteiger partial charge in [0.25, 0.3) is 0 Å². The van der Waals surface area contributed by atoms with Gasteiger partial charge in [-0.15, -0.1) is 0 Å². The summed E-state index contributed by atoms with van der Waals surface area (Å²) in [4.78, 5) is 20.7. The minimum Gasteiger partial charge on any atom is -0.444 e. The molecule has 1 amide bonds. The maximum atomic E-state index is 12.0. The second-order valence-electron chi connectivity index (χ2n) is 8.44. The lowest BCUT2D eigenvalue weighted by atomic mass is 10.0. The van der Waals surface area contributed by atoms with Crippen LogP contribution < -0.4 is 10.6 Å². The number of carbonyl (C=O) groups excluding carboxylic acids is 1. The number of likely N-dealkylation sites (N-methyl/N-ethyl adjacent to an activating group) is 1. The maximum Gasteiger partial charge on any atom is 0.410 e. The topological polar surface area (TPSA) is 78.4 Å². The van der Waals surface area contributed by atoms with Crippen molar-refractivity contribution in [3.8, 4) is 0 Å². The molecule has 0 spiro atoms. The molecule has 2 N–H and O–H groups in total. The first-order valence-corrected chi connectivity index (χ1v) is 9.84. The second-order valence-corrected chi connectivity index (χ2v) is 8.44. The van der Waals surface area contributed by atoms with Crippen LogP contribution in [0.5, 0.6) is 0 Å². The van der Waals surface area contributed by atoms with Gasteiger partial charge in [-0.2, -0.15) is 0 Å². The van der Waals surface area contributed by atoms with Crippen LogP contribution in [0, 0.1) is 0 Å². The number of nitrogens with one attached hydrogen (secondary N) is 2. The van der Waals surface area contributed by atoms with Gasteiger partial charge in [0.15, 0.2) is 5.96 Å². The van der Waals surface area contributed by atoms with Gasteiger partial charge >= 0.3 is 6.09 Å². The highest BCUT2D eigenvalue weighted by Crippen LogP contribution is 2.16. The summed E-state index contributed by atoms with van der Waals surface area (Å²) < 4.78 is 10.8. The maximum absolute atomic E-state index is 12.0. The Morgan fingerprint density at radius 1 is 1.19 bits per heavy atom. The lowest BCUT2D eigenvalue weighted by Crippen LogP contribution is -2.52. The summed E-state index contributed by atoms with van der Waals surface area (Å²) in [6.07, 6.45) is -0.320. The molecule has 1 heterocycles. The fourth-order valence-electron chi connectivity index (χ4n) is 2.66. The van der Waals surface area contributed by atoms with E-state index in [2.05, 4.69) is 29.4 Å². The van der Waals surface area contributed by atoms with Crippen LogP contribution in [0.2, 0.25) is 0 Å². The normalized spacial score (nSPS) is 16.8. The van der Waals surface area contributed by atoms with E-state index in [1.165, 1.54) is 0 Å². The minimum atomic E-state index is -0.486. The Morgan fingerprint density at radius 3 is 2.37 bits per heavy atom. The van der Waals surface area contributed by atoms with E-state index in [0.29, 0.717) is 19.6 Å². The van der Waals surface area contributed by atoms with Crippen molar-refractivity contribution in [1.82, 2.24) is 20.4 Å². The Labute approximate surface area is 164 Å². The molecule has 0 radical (unpaired) electrons. The highest BCUT2D eigenvalue weighted by atomic mass is 16.6. The third-order valence-corrected chi connectivity index (χ3v) is 4.28. The van der Waals surface area contributed by atoms with Crippen molar-refractivity contribution in [3.05, 3.63) is 0 Å². The lowest BCUT2D eigenvalue weighted by Gasteiger charge is -2.39. The molecule has 8 nitrogen and oxygen atoms in total. The van der Waals surface area contributed by atoms with E-state index < -0.39 is 5.60 Å².